The number of amides is 1. The van der Waals surface area contributed by atoms with Crippen molar-refractivity contribution in [2.24, 2.45) is 5.73 Å². The maximum Gasteiger partial charge on any atom is 0.216 e. The topological polar surface area (TPSA) is 66.2 Å². The third-order valence-electron chi connectivity index (χ3n) is 1.18. The molecule has 0 saturated heterocycles. The number of primary amides is 1. The van der Waals surface area contributed by atoms with Gasteiger partial charge in [-0.1, -0.05) is 6.10 Å². The molecule has 0 radical (unpaired) electrons. The molecule has 0 saturated carbocycles. The number of nitrogens with two attached hydrogens (primary N) is 1. The van der Waals surface area contributed by atoms with Gasteiger partial charge < -0.3 is 15.3 Å². The lowest BCUT2D eigenvalue weighted by molar-refractivity contribution is -0.880. The lowest BCUT2D eigenvalue weighted by Gasteiger charge is -2.31. The molecule has 1 unspecified atom stereocenters. The number of likely N-dealkylation sites (N-methyl/N-ethyl adjacent to an activating group) is 1. The first-order valence-corrected chi connectivity index (χ1v) is 3.56. The number of hydrogen-bond acceptors (Lipinski definition) is 2. The van der Waals surface area contributed by atoms with Crippen LogP contribution in [0.1, 0.15) is 6.42 Å². The van der Waals surface area contributed by atoms with Crippen LogP contribution < -0.4 is 10.8 Å². The van der Waals surface area contributed by atoms with Crippen LogP contribution >= 0.6 is 0 Å². The van der Waals surface area contributed by atoms with Crippen molar-refractivity contribution in [1.29, 1.82) is 0 Å². The maximum absolute atomic E-state index is 11.0. The molecule has 4 nitrogen and oxygen atoms in total. The zero-order chi connectivity index (χ0) is 9.07. The van der Waals surface area contributed by atoms with Crippen molar-refractivity contribution in [2.75, 3.05) is 27.7 Å². The van der Waals surface area contributed by atoms with Gasteiger partial charge in [-0.3, -0.25) is 4.79 Å². The summed E-state index contributed by atoms with van der Waals surface area (Å²) in [6.45, 7) is 0.433. The summed E-state index contributed by atoms with van der Waals surface area (Å²) in [5.41, 5.74) is 4.87. The second-order valence-electron chi connectivity index (χ2n) is 3.77. The molecular weight excluding hydrogens is 144 g/mol. The van der Waals surface area contributed by atoms with Crippen LogP contribution in [0.3, 0.4) is 0 Å². The van der Waals surface area contributed by atoms with E-state index >= 15 is 0 Å². The van der Waals surface area contributed by atoms with Gasteiger partial charge in [-0.05, 0) is 0 Å². The fraction of sp³-hybridized carbons (Fsp3) is 0.857. The molecule has 2 N–H and O–H groups in total. The molecule has 11 heavy (non-hydrogen) atoms. The third-order valence-corrected chi connectivity index (χ3v) is 1.18. The summed E-state index contributed by atoms with van der Waals surface area (Å²) in [6, 6.07) is 0. The zero-order valence-electron chi connectivity index (χ0n) is 7.33. The highest BCUT2D eigenvalue weighted by molar-refractivity contribution is 5.74. The lowest BCUT2D eigenvalue weighted by Crippen LogP contribution is -2.47. The average molecular weight is 160 g/mol. The van der Waals surface area contributed by atoms with Gasteiger partial charge in [0.15, 0.2) is 0 Å². The van der Waals surface area contributed by atoms with Crippen molar-refractivity contribution in [3.63, 3.8) is 0 Å². The van der Waals surface area contributed by atoms with Gasteiger partial charge in [0.2, 0.25) is 5.91 Å². The van der Waals surface area contributed by atoms with E-state index in [1.165, 1.54) is 0 Å². The molecule has 66 valence electrons. The second kappa shape index (κ2) is 3.69. The Morgan fingerprint density at radius 3 is 2.27 bits per heavy atom. The van der Waals surface area contributed by atoms with Gasteiger partial charge in [0.05, 0.1) is 27.7 Å². The number of rotatable bonds is 4. The summed E-state index contributed by atoms with van der Waals surface area (Å²) >= 11 is 0. The monoisotopic (exact) mass is 160 g/mol. The zero-order valence-corrected chi connectivity index (χ0v) is 7.33. The highest BCUT2D eigenvalue weighted by atomic mass is 16.3. The minimum Gasteiger partial charge on any atom is -0.848 e. The van der Waals surface area contributed by atoms with Crippen LogP contribution in [-0.4, -0.2) is 44.2 Å². The molecule has 0 fully saturated rings. The number of hydrogen-bond donors (Lipinski definition) is 1. The number of nitrogens with zero attached hydrogens (tertiary/aromatic N) is 1. The number of carbonyl (C=O) groups excluding carboxylic acids is 1. The van der Waals surface area contributed by atoms with Crippen molar-refractivity contribution < 1.29 is 14.4 Å². The number of quaternary nitrogens is 1. The summed E-state index contributed by atoms with van der Waals surface area (Å²) in [6.07, 6.45) is -0.928. The van der Waals surface area contributed by atoms with Crippen molar-refractivity contribution in [2.45, 2.75) is 12.5 Å². The Kier molecular flexibility index (Phi) is 3.48. The fourth-order valence-electron chi connectivity index (χ4n) is 0.900. The summed E-state index contributed by atoms with van der Waals surface area (Å²) < 4.78 is 0.571. The smallest absolute Gasteiger partial charge is 0.216 e. The Morgan fingerprint density at radius 1 is 1.55 bits per heavy atom. The molecule has 0 aromatic heterocycles. The molecule has 0 aliphatic rings. The van der Waals surface area contributed by atoms with E-state index in [1.807, 2.05) is 21.1 Å². The van der Waals surface area contributed by atoms with Gasteiger partial charge in [0.25, 0.3) is 0 Å². The first-order valence-electron chi connectivity index (χ1n) is 3.56. The Labute approximate surface area is 67.2 Å². The highest BCUT2D eigenvalue weighted by Gasteiger charge is 2.10. The van der Waals surface area contributed by atoms with Crippen LogP contribution in [0.5, 0.6) is 0 Å². The molecule has 0 aliphatic carbocycles. The van der Waals surface area contributed by atoms with E-state index in [-0.39, 0.29) is 6.42 Å². The van der Waals surface area contributed by atoms with Gasteiger partial charge >= 0.3 is 0 Å². The first-order chi connectivity index (χ1) is 4.81. The lowest BCUT2D eigenvalue weighted by atomic mass is 10.2. The van der Waals surface area contributed by atoms with E-state index in [9.17, 15) is 9.90 Å². The van der Waals surface area contributed by atoms with Gasteiger partial charge in [-0.15, -0.1) is 0 Å². The summed E-state index contributed by atoms with van der Waals surface area (Å²) in [5, 5.41) is 11.0. The fourth-order valence-corrected chi connectivity index (χ4v) is 0.900. The molecular formula is C7H16N2O2. The van der Waals surface area contributed by atoms with Crippen LogP contribution in [0.2, 0.25) is 0 Å². The summed E-state index contributed by atoms with van der Waals surface area (Å²) in [4.78, 5) is 10.3. The highest BCUT2D eigenvalue weighted by Crippen LogP contribution is 1.95. The molecule has 0 heterocycles. The third kappa shape index (κ3) is 7.29. The predicted molar refractivity (Wildman–Crippen MR) is 40.5 cm³/mol. The average Bonchev–Trinajstić information content (AvgIpc) is 1.53. The minimum atomic E-state index is -0.868. The normalized spacial score (nSPS) is 14.5. The summed E-state index contributed by atoms with van der Waals surface area (Å²) in [7, 11) is 5.73. The van der Waals surface area contributed by atoms with Crippen LogP contribution in [0.15, 0.2) is 0 Å². The van der Waals surface area contributed by atoms with Crippen LogP contribution in [0, 0.1) is 0 Å². The van der Waals surface area contributed by atoms with Gasteiger partial charge in [-0.2, -0.15) is 0 Å². The van der Waals surface area contributed by atoms with E-state index in [0.717, 1.165) is 0 Å². The quantitative estimate of drug-likeness (QED) is 0.498. The largest absolute Gasteiger partial charge is 0.848 e. The van der Waals surface area contributed by atoms with E-state index in [4.69, 9.17) is 5.73 Å². The Hall–Kier alpha value is -0.610. The first kappa shape index (κ1) is 10.4. The van der Waals surface area contributed by atoms with Crippen molar-refractivity contribution in [1.82, 2.24) is 0 Å². The molecule has 0 spiro atoms. The molecule has 0 bridgehead atoms. The van der Waals surface area contributed by atoms with Crippen LogP contribution in [0.25, 0.3) is 0 Å². The van der Waals surface area contributed by atoms with Gasteiger partial charge in [0.1, 0.15) is 0 Å². The number of carbonyl (C=O) groups is 1. The minimum absolute atomic E-state index is 0.0600. The van der Waals surface area contributed by atoms with E-state index < -0.39 is 12.0 Å². The Bertz CT molecular complexity index is 140. The second-order valence-corrected chi connectivity index (χ2v) is 3.77. The molecule has 1 atom stereocenters. The van der Waals surface area contributed by atoms with Crippen LogP contribution in [0.4, 0.5) is 0 Å². The standard InChI is InChI=1S/C7H16N2O2/c1-9(2,3)5-6(10)4-7(8)11/h6H,4-5H2,1-3H3,(H2,8,11). The van der Waals surface area contributed by atoms with Crippen molar-refractivity contribution in [3.8, 4) is 0 Å². The Balaban J connectivity index is 3.69. The van der Waals surface area contributed by atoms with Gasteiger partial charge in [0, 0.05) is 6.42 Å². The summed E-state index contributed by atoms with van der Waals surface area (Å²) in [5.74, 6) is -0.515. The molecule has 0 aliphatic heterocycles. The molecule has 0 aromatic rings. The SMILES string of the molecule is C[N+](C)(C)CC([O-])CC(N)=O. The van der Waals surface area contributed by atoms with Crippen molar-refractivity contribution in [3.05, 3.63) is 0 Å². The molecule has 0 rings (SSSR count). The molecule has 4 heteroatoms. The maximum atomic E-state index is 11.0. The van der Waals surface area contributed by atoms with Crippen molar-refractivity contribution >= 4 is 5.91 Å². The van der Waals surface area contributed by atoms with Gasteiger partial charge in [-0.25, -0.2) is 0 Å². The predicted octanol–water partition coefficient (Wildman–Crippen LogP) is -1.70. The van der Waals surface area contributed by atoms with E-state index in [1.54, 1.807) is 0 Å². The van der Waals surface area contributed by atoms with E-state index in [0.29, 0.717) is 11.0 Å². The molecule has 0 aromatic carbocycles. The van der Waals surface area contributed by atoms with Crippen LogP contribution in [-0.2, 0) is 4.79 Å². The molecule has 1 amide bonds. The van der Waals surface area contributed by atoms with E-state index in [2.05, 4.69) is 0 Å². The Morgan fingerprint density at radius 2 is 2.00 bits per heavy atom.